The number of hydrogen-bond donors (Lipinski definition) is 1. The Kier molecular flexibility index (Phi) is 4.64. The van der Waals surface area contributed by atoms with Crippen LogP contribution in [0.2, 0.25) is 0 Å². The van der Waals surface area contributed by atoms with Crippen molar-refractivity contribution in [1.82, 2.24) is 4.90 Å². The van der Waals surface area contributed by atoms with Crippen LogP contribution in [0.25, 0.3) is 0 Å². The summed E-state index contributed by atoms with van der Waals surface area (Å²) in [6.07, 6.45) is 1.66. The number of likely N-dealkylation sites (tertiary alicyclic amines) is 1. The maximum Gasteiger partial charge on any atom is 0.309 e. The molecule has 0 aromatic rings. The van der Waals surface area contributed by atoms with E-state index in [4.69, 9.17) is 0 Å². The van der Waals surface area contributed by atoms with Gasteiger partial charge in [-0.2, -0.15) is 0 Å². The van der Waals surface area contributed by atoms with Crippen LogP contribution in [0.3, 0.4) is 0 Å². The van der Waals surface area contributed by atoms with Gasteiger partial charge in [-0.1, -0.05) is 27.7 Å². The molecule has 0 bridgehead atoms. The minimum absolute atomic E-state index is 0.126. The molecule has 1 amide bonds. The number of carbonyl (C=O) groups excluding carboxylic acids is 1. The lowest BCUT2D eigenvalue weighted by molar-refractivity contribution is -0.153. The molecule has 1 heterocycles. The maximum atomic E-state index is 12.2. The lowest BCUT2D eigenvalue weighted by atomic mass is 9.78. The van der Waals surface area contributed by atoms with Gasteiger partial charge in [0.1, 0.15) is 0 Å². The van der Waals surface area contributed by atoms with Crippen LogP contribution in [-0.2, 0) is 9.59 Å². The fourth-order valence-electron chi connectivity index (χ4n) is 2.16. The Bertz CT molecular complexity index is 349. The summed E-state index contributed by atoms with van der Waals surface area (Å²) >= 11 is 0. The van der Waals surface area contributed by atoms with Gasteiger partial charge in [-0.3, -0.25) is 9.59 Å². The third kappa shape index (κ3) is 3.95. The first-order chi connectivity index (χ1) is 8.56. The topological polar surface area (TPSA) is 57.6 Å². The molecule has 19 heavy (non-hydrogen) atoms. The predicted octanol–water partition coefficient (Wildman–Crippen LogP) is 2.77. The zero-order chi connectivity index (χ0) is 14.8. The molecule has 0 aromatic carbocycles. The van der Waals surface area contributed by atoms with E-state index in [0.29, 0.717) is 38.3 Å². The number of hydrogen-bond acceptors (Lipinski definition) is 2. The van der Waals surface area contributed by atoms with E-state index in [-0.39, 0.29) is 11.3 Å². The number of carboxylic acids is 1. The lowest BCUT2D eigenvalue weighted by Crippen LogP contribution is -2.45. The molecular weight excluding hydrogens is 242 g/mol. The molecule has 1 aliphatic heterocycles. The first-order valence-electron chi connectivity index (χ1n) is 7.07. The number of carbonyl (C=O) groups is 2. The van der Waals surface area contributed by atoms with Crippen LogP contribution in [0, 0.1) is 16.7 Å². The Morgan fingerprint density at radius 1 is 1.26 bits per heavy atom. The standard InChI is InChI=1S/C15H27NO3/c1-11(14(2,3)4)10-12(17)16-8-6-15(5,7-9-16)13(18)19/h11H,6-10H2,1-5H3,(H,18,19). The van der Waals surface area contributed by atoms with Crippen LogP contribution < -0.4 is 0 Å². The van der Waals surface area contributed by atoms with Crippen molar-refractivity contribution in [3.63, 3.8) is 0 Å². The summed E-state index contributed by atoms with van der Waals surface area (Å²) < 4.78 is 0. The second kappa shape index (κ2) is 5.51. The molecule has 0 aliphatic carbocycles. The smallest absolute Gasteiger partial charge is 0.309 e. The van der Waals surface area contributed by atoms with E-state index in [9.17, 15) is 14.7 Å². The van der Waals surface area contributed by atoms with Gasteiger partial charge in [0.25, 0.3) is 0 Å². The molecule has 1 saturated heterocycles. The molecular formula is C15H27NO3. The molecule has 0 saturated carbocycles. The first kappa shape index (κ1) is 16.0. The van der Waals surface area contributed by atoms with Gasteiger partial charge < -0.3 is 10.0 Å². The van der Waals surface area contributed by atoms with Crippen LogP contribution >= 0.6 is 0 Å². The van der Waals surface area contributed by atoms with Crippen molar-refractivity contribution >= 4 is 11.9 Å². The Balaban J connectivity index is 2.52. The van der Waals surface area contributed by atoms with Crippen molar-refractivity contribution < 1.29 is 14.7 Å². The van der Waals surface area contributed by atoms with E-state index in [1.54, 1.807) is 6.92 Å². The fourth-order valence-corrected chi connectivity index (χ4v) is 2.16. The van der Waals surface area contributed by atoms with E-state index >= 15 is 0 Å². The zero-order valence-electron chi connectivity index (χ0n) is 12.8. The molecule has 110 valence electrons. The van der Waals surface area contributed by atoms with Gasteiger partial charge in [0.2, 0.25) is 5.91 Å². The van der Waals surface area contributed by atoms with Crippen molar-refractivity contribution in [3.8, 4) is 0 Å². The minimum Gasteiger partial charge on any atom is -0.481 e. The van der Waals surface area contributed by atoms with Crippen molar-refractivity contribution in [3.05, 3.63) is 0 Å². The van der Waals surface area contributed by atoms with Gasteiger partial charge >= 0.3 is 5.97 Å². The first-order valence-corrected chi connectivity index (χ1v) is 7.07. The quantitative estimate of drug-likeness (QED) is 0.857. The van der Waals surface area contributed by atoms with E-state index in [0.717, 1.165) is 0 Å². The summed E-state index contributed by atoms with van der Waals surface area (Å²) in [5.41, 5.74) is -0.534. The molecule has 1 atom stereocenters. The molecule has 1 N–H and O–H groups in total. The summed E-state index contributed by atoms with van der Waals surface area (Å²) in [5, 5.41) is 9.17. The number of amides is 1. The highest BCUT2D eigenvalue weighted by Crippen LogP contribution is 2.33. The summed E-state index contributed by atoms with van der Waals surface area (Å²) in [4.78, 5) is 25.2. The van der Waals surface area contributed by atoms with Crippen molar-refractivity contribution in [2.75, 3.05) is 13.1 Å². The third-order valence-electron chi connectivity index (χ3n) is 4.70. The molecule has 1 fully saturated rings. The van der Waals surface area contributed by atoms with Crippen molar-refractivity contribution in [2.45, 2.75) is 53.9 Å². The molecule has 1 unspecified atom stereocenters. The van der Waals surface area contributed by atoms with E-state index in [1.165, 1.54) is 0 Å². The summed E-state index contributed by atoms with van der Waals surface area (Å²) in [6.45, 7) is 11.4. The van der Waals surface area contributed by atoms with Gasteiger partial charge in [-0.05, 0) is 31.1 Å². The Hall–Kier alpha value is -1.06. The lowest BCUT2D eigenvalue weighted by Gasteiger charge is -2.37. The fraction of sp³-hybridized carbons (Fsp3) is 0.867. The molecule has 1 aliphatic rings. The molecule has 0 radical (unpaired) electrons. The highest BCUT2D eigenvalue weighted by molar-refractivity contribution is 5.78. The summed E-state index contributed by atoms with van der Waals surface area (Å²) in [7, 11) is 0. The third-order valence-corrected chi connectivity index (χ3v) is 4.70. The SMILES string of the molecule is CC(CC(=O)N1CCC(C)(C(=O)O)CC1)C(C)(C)C. The Labute approximate surface area is 116 Å². The summed E-state index contributed by atoms with van der Waals surface area (Å²) in [5.74, 6) is -0.259. The van der Waals surface area contributed by atoms with Gasteiger partial charge in [0.15, 0.2) is 0 Å². The highest BCUT2D eigenvalue weighted by atomic mass is 16.4. The maximum absolute atomic E-state index is 12.2. The molecule has 0 aromatic heterocycles. The van der Waals surface area contributed by atoms with E-state index < -0.39 is 11.4 Å². The van der Waals surface area contributed by atoms with Crippen LogP contribution in [0.4, 0.5) is 0 Å². The Morgan fingerprint density at radius 3 is 2.11 bits per heavy atom. The predicted molar refractivity (Wildman–Crippen MR) is 74.8 cm³/mol. The molecule has 1 rings (SSSR count). The van der Waals surface area contributed by atoms with Gasteiger partial charge in [-0.15, -0.1) is 0 Å². The molecule has 4 nitrogen and oxygen atoms in total. The van der Waals surface area contributed by atoms with Gasteiger partial charge in [0.05, 0.1) is 5.41 Å². The second-order valence-corrected chi connectivity index (χ2v) is 7.22. The van der Waals surface area contributed by atoms with E-state index in [2.05, 4.69) is 27.7 Å². The van der Waals surface area contributed by atoms with Crippen molar-refractivity contribution in [2.24, 2.45) is 16.7 Å². The average Bonchev–Trinajstić information content (AvgIpc) is 2.28. The highest BCUT2D eigenvalue weighted by Gasteiger charge is 2.38. The van der Waals surface area contributed by atoms with Gasteiger partial charge in [-0.25, -0.2) is 0 Å². The van der Waals surface area contributed by atoms with Crippen LogP contribution in [0.1, 0.15) is 53.9 Å². The molecule has 4 heteroatoms. The zero-order valence-corrected chi connectivity index (χ0v) is 12.8. The monoisotopic (exact) mass is 269 g/mol. The van der Waals surface area contributed by atoms with Gasteiger partial charge in [0, 0.05) is 19.5 Å². The minimum atomic E-state index is -0.748. The number of nitrogens with zero attached hydrogens (tertiary/aromatic N) is 1. The second-order valence-electron chi connectivity index (χ2n) is 7.22. The number of aliphatic carboxylic acids is 1. The van der Waals surface area contributed by atoms with Crippen LogP contribution in [-0.4, -0.2) is 35.0 Å². The van der Waals surface area contributed by atoms with E-state index in [1.807, 2.05) is 4.90 Å². The number of rotatable bonds is 3. The number of piperidine rings is 1. The van der Waals surface area contributed by atoms with Crippen LogP contribution in [0.15, 0.2) is 0 Å². The van der Waals surface area contributed by atoms with Crippen LogP contribution in [0.5, 0.6) is 0 Å². The number of carboxylic acid groups (broad SMARTS) is 1. The normalized spacial score (nSPS) is 21.0. The van der Waals surface area contributed by atoms with Crippen molar-refractivity contribution in [1.29, 1.82) is 0 Å². The Morgan fingerprint density at radius 2 is 1.74 bits per heavy atom. The summed E-state index contributed by atoms with van der Waals surface area (Å²) in [6, 6.07) is 0. The largest absolute Gasteiger partial charge is 0.481 e. The average molecular weight is 269 g/mol. The molecule has 0 spiro atoms.